The van der Waals surface area contributed by atoms with E-state index in [9.17, 15) is 0 Å². The van der Waals surface area contributed by atoms with Crippen LogP contribution in [0.3, 0.4) is 0 Å². The molecular weight excluding hydrogens is 224 g/mol. The molecule has 0 amide bonds. The Morgan fingerprint density at radius 3 is 2.00 bits per heavy atom. The van der Waals surface area contributed by atoms with Crippen LogP contribution in [0.4, 0.5) is 5.95 Å². The number of hydrogen-bond donors (Lipinski definition) is 1. The van der Waals surface area contributed by atoms with Gasteiger partial charge in [-0.25, -0.2) is 0 Å². The van der Waals surface area contributed by atoms with Crippen molar-refractivity contribution in [3.8, 4) is 0 Å². The zero-order valence-corrected chi connectivity index (χ0v) is 11.8. The molecule has 1 heterocycles. The Morgan fingerprint density at radius 2 is 1.50 bits per heavy atom. The maximum absolute atomic E-state index is 5.65. The molecule has 0 aliphatic carbocycles. The van der Waals surface area contributed by atoms with E-state index in [0.29, 0.717) is 5.95 Å². The van der Waals surface area contributed by atoms with Crippen molar-refractivity contribution in [3.05, 3.63) is 6.33 Å². The summed E-state index contributed by atoms with van der Waals surface area (Å²) in [5.74, 6) is 0.533. The van der Waals surface area contributed by atoms with Crippen LogP contribution in [0, 0.1) is 0 Å². The fraction of sp³-hybridized carbons (Fsp3) is 0.857. The van der Waals surface area contributed by atoms with Crippen LogP contribution in [-0.4, -0.2) is 14.8 Å². The number of anilines is 1. The molecule has 104 valence electrons. The van der Waals surface area contributed by atoms with E-state index in [1.54, 1.807) is 6.33 Å². The fourth-order valence-corrected chi connectivity index (χ4v) is 2.21. The molecule has 4 nitrogen and oxygen atoms in total. The molecular formula is C14H28N4. The van der Waals surface area contributed by atoms with E-state index in [0.717, 1.165) is 6.54 Å². The summed E-state index contributed by atoms with van der Waals surface area (Å²) in [6, 6.07) is 0. The second kappa shape index (κ2) is 9.92. The normalized spacial score (nSPS) is 10.9. The highest BCUT2D eigenvalue weighted by Gasteiger charge is 1.98. The summed E-state index contributed by atoms with van der Waals surface area (Å²) in [7, 11) is 0. The van der Waals surface area contributed by atoms with Gasteiger partial charge in [0.05, 0.1) is 0 Å². The maximum Gasteiger partial charge on any atom is 0.221 e. The smallest absolute Gasteiger partial charge is 0.221 e. The van der Waals surface area contributed by atoms with Crippen LogP contribution < -0.4 is 5.73 Å². The second-order valence-corrected chi connectivity index (χ2v) is 5.06. The van der Waals surface area contributed by atoms with Gasteiger partial charge in [0.1, 0.15) is 6.33 Å². The van der Waals surface area contributed by atoms with E-state index in [1.165, 1.54) is 64.2 Å². The van der Waals surface area contributed by atoms with Crippen LogP contribution in [0.25, 0.3) is 0 Å². The summed E-state index contributed by atoms with van der Waals surface area (Å²) in [6.45, 7) is 3.22. The molecule has 0 aromatic carbocycles. The van der Waals surface area contributed by atoms with Crippen LogP contribution in [-0.2, 0) is 6.54 Å². The number of nitrogens with zero attached hydrogens (tertiary/aromatic N) is 3. The van der Waals surface area contributed by atoms with Gasteiger partial charge in [-0.05, 0) is 6.42 Å². The van der Waals surface area contributed by atoms with Gasteiger partial charge in [0.25, 0.3) is 0 Å². The Kier molecular flexibility index (Phi) is 8.26. The lowest BCUT2D eigenvalue weighted by molar-refractivity contribution is 0.536. The number of aromatic nitrogens is 3. The summed E-state index contributed by atoms with van der Waals surface area (Å²) in [4.78, 5) is 0. The molecule has 0 bridgehead atoms. The van der Waals surface area contributed by atoms with Crippen LogP contribution in [0.15, 0.2) is 6.33 Å². The van der Waals surface area contributed by atoms with Crippen molar-refractivity contribution in [2.45, 2.75) is 77.7 Å². The van der Waals surface area contributed by atoms with Crippen LogP contribution in [0.1, 0.15) is 71.1 Å². The average Bonchev–Trinajstić information content (AvgIpc) is 2.77. The topological polar surface area (TPSA) is 56.7 Å². The highest BCUT2D eigenvalue weighted by Crippen LogP contribution is 2.11. The molecule has 0 aliphatic rings. The first kappa shape index (κ1) is 15.0. The molecule has 0 spiro atoms. The maximum atomic E-state index is 5.65. The number of unbranched alkanes of at least 4 members (excludes halogenated alkanes) is 9. The average molecular weight is 252 g/mol. The lowest BCUT2D eigenvalue weighted by Gasteiger charge is -2.04. The summed E-state index contributed by atoms with van der Waals surface area (Å²) in [6.07, 6.45) is 15.3. The van der Waals surface area contributed by atoms with Gasteiger partial charge < -0.3 is 10.3 Å². The van der Waals surface area contributed by atoms with Crippen molar-refractivity contribution >= 4 is 5.95 Å². The Balaban J connectivity index is 1.83. The molecule has 1 aromatic heterocycles. The number of nitrogen functional groups attached to an aromatic ring is 1. The minimum Gasteiger partial charge on any atom is -0.368 e. The predicted octanol–water partition coefficient (Wildman–Crippen LogP) is 3.78. The van der Waals surface area contributed by atoms with Crippen molar-refractivity contribution in [2.24, 2.45) is 0 Å². The van der Waals surface area contributed by atoms with Gasteiger partial charge in [-0.15, -0.1) is 10.2 Å². The summed E-state index contributed by atoms with van der Waals surface area (Å²) >= 11 is 0. The predicted molar refractivity (Wildman–Crippen MR) is 76.3 cm³/mol. The molecule has 0 aliphatic heterocycles. The Hall–Kier alpha value is -1.06. The molecule has 18 heavy (non-hydrogen) atoms. The third kappa shape index (κ3) is 6.62. The first-order valence-electron chi connectivity index (χ1n) is 7.48. The van der Waals surface area contributed by atoms with Gasteiger partial charge in [-0.3, -0.25) is 0 Å². The van der Waals surface area contributed by atoms with Gasteiger partial charge in [0.2, 0.25) is 5.95 Å². The molecule has 0 saturated heterocycles. The molecule has 0 atom stereocenters. The third-order valence-corrected chi connectivity index (χ3v) is 3.40. The van der Waals surface area contributed by atoms with Crippen molar-refractivity contribution in [2.75, 3.05) is 5.73 Å². The quantitative estimate of drug-likeness (QED) is 0.610. The van der Waals surface area contributed by atoms with Crippen LogP contribution in [0.5, 0.6) is 0 Å². The SMILES string of the molecule is CCCCCCCCCCCCn1cnnc1N. The van der Waals surface area contributed by atoms with E-state index < -0.39 is 0 Å². The van der Waals surface area contributed by atoms with E-state index >= 15 is 0 Å². The minimum atomic E-state index is 0.533. The molecule has 0 saturated carbocycles. The van der Waals surface area contributed by atoms with Gasteiger partial charge in [0.15, 0.2) is 0 Å². The highest BCUT2D eigenvalue weighted by atomic mass is 15.3. The van der Waals surface area contributed by atoms with E-state index in [4.69, 9.17) is 5.73 Å². The van der Waals surface area contributed by atoms with Crippen molar-refractivity contribution in [1.29, 1.82) is 0 Å². The molecule has 1 aromatic rings. The summed E-state index contributed by atoms with van der Waals surface area (Å²) < 4.78 is 1.92. The standard InChI is InChI=1S/C14H28N4/c1-2-3-4-5-6-7-8-9-10-11-12-18-13-16-17-14(18)15/h13H,2-12H2,1H3,(H2,15,17). The molecule has 0 radical (unpaired) electrons. The van der Waals surface area contributed by atoms with Gasteiger partial charge in [0, 0.05) is 6.54 Å². The minimum absolute atomic E-state index is 0.533. The Morgan fingerprint density at radius 1 is 0.944 bits per heavy atom. The zero-order valence-electron chi connectivity index (χ0n) is 11.8. The highest BCUT2D eigenvalue weighted by molar-refractivity contribution is 5.12. The van der Waals surface area contributed by atoms with Gasteiger partial charge >= 0.3 is 0 Å². The van der Waals surface area contributed by atoms with Gasteiger partial charge in [-0.1, -0.05) is 64.7 Å². The Labute approximate surface area is 111 Å². The number of hydrogen-bond acceptors (Lipinski definition) is 3. The number of rotatable bonds is 11. The molecule has 0 unspecified atom stereocenters. The summed E-state index contributed by atoms with van der Waals surface area (Å²) in [5.41, 5.74) is 5.65. The van der Waals surface area contributed by atoms with E-state index in [-0.39, 0.29) is 0 Å². The molecule has 2 N–H and O–H groups in total. The van der Waals surface area contributed by atoms with E-state index in [2.05, 4.69) is 17.1 Å². The zero-order chi connectivity index (χ0) is 13.1. The van der Waals surface area contributed by atoms with Crippen LogP contribution >= 0.6 is 0 Å². The summed E-state index contributed by atoms with van der Waals surface area (Å²) in [5, 5.41) is 7.54. The lowest BCUT2D eigenvalue weighted by Crippen LogP contribution is -2.02. The first-order valence-corrected chi connectivity index (χ1v) is 7.48. The number of aryl methyl sites for hydroxylation is 1. The fourth-order valence-electron chi connectivity index (χ4n) is 2.21. The Bertz CT molecular complexity index is 296. The van der Waals surface area contributed by atoms with Crippen molar-refractivity contribution in [1.82, 2.24) is 14.8 Å². The van der Waals surface area contributed by atoms with Gasteiger partial charge in [-0.2, -0.15) is 0 Å². The largest absolute Gasteiger partial charge is 0.368 e. The molecule has 4 heteroatoms. The van der Waals surface area contributed by atoms with Crippen LogP contribution in [0.2, 0.25) is 0 Å². The third-order valence-electron chi connectivity index (χ3n) is 3.40. The second-order valence-electron chi connectivity index (χ2n) is 5.06. The first-order chi connectivity index (χ1) is 8.84. The van der Waals surface area contributed by atoms with E-state index in [1.807, 2.05) is 4.57 Å². The van der Waals surface area contributed by atoms with Crippen molar-refractivity contribution in [3.63, 3.8) is 0 Å². The number of nitrogens with two attached hydrogens (primary N) is 1. The lowest BCUT2D eigenvalue weighted by atomic mass is 10.1. The molecule has 1 rings (SSSR count). The van der Waals surface area contributed by atoms with Crippen molar-refractivity contribution < 1.29 is 0 Å². The molecule has 0 fully saturated rings. The monoisotopic (exact) mass is 252 g/mol.